The van der Waals surface area contributed by atoms with E-state index in [9.17, 15) is 9.90 Å². The van der Waals surface area contributed by atoms with Gasteiger partial charge in [0.2, 0.25) is 0 Å². The van der Waals surface area contributed by atoms with Gasteiger partial charge in [0.25, 0.3) is 0 Å². The van der Waals surface area contributed by atoms with Crippen LogP contribution in [0.25, 0.3) is 0 Å². The van der Waals surface area contributed by atoms with E-state index in [-0.39, 0.29) is 17.5 Å². The molecule has 1 aliphatic heterocycles. The van der Waals surface area contributed by atoms with Crippen LogP contribution in [0, 0.1) is 28.6 Å². The molecule has 140 valence electrons. The number of esters is 1. The summed E-state index contributed by atoms with van der Waals surface area (Å²) in [6, 6.07) is 0. The normalized spacial score (nSPS) is 47.2. The van der Waals surface area contributed by atoms with Gasteiger partial charge in [0.05, 0.1) is 6.10 Å². The average molecular weight is 354 g/mol. The maximum atomic E-state index is 11.6. The maximum absolute atomic E-state index is 11.6. The van der Waals surface area contributed by atoms with E-state index >= 15 is 0 Å². The minimum Gasteiger partial charge on any atom is -0.458 e. The first-order valence-electron chi connectivity index (χ1n) is 10.4. The molecule has 0 aromatic carbocycles. The number of fused-ring (bicyclic) bond motifs is 5. The number of cyclic esters (lactones) is 1. The standard InChI is InChI=1S/C23H30O3/c1-22-9-7-16(24)12-15(22)3-4-17-19-6-5-18(14-11-21(25)26-13-14)23(19,2)10-8-20(17)22/h5-6,11,15-17,20,24H,3-4,7-10,12-13H2,1-2H3/t15-,16-,17-,20+,22-,23+/m0/s1. The molecule has 1 N–H and O–H groups in total. The molecular formula is C23H30O3. The molecule has 26 heavy (non-hydrogen) atoms. The summed E-state index contributed by atoms with van der Waals surface area (Å²) in [4.78, 5) is 11.6. The smallest absolute Gasteiger partial charge is 0.331 e. The number of hydrogen-bond acceptors (Lipinski definition) is 3. The molecule has 3 nitrogen and oxygen atoms in total. The largest absolute Gasteiger partial charge is 0.458 e. The van der Waals surface area contributed by atoms with Gasteiger partial charge in [0.1, 0.15) is 6.61 Å². The van der Waals surface area contributed by atoms with Crippen molar-refractivity contribution in [2.75, 3.05) is 6.61 Å². The van der Waals surface area contributed by atoms with E-state index in [2.05, 4.69) is 26.0 Å². The molecule has 0 bridgehead atoms. The van der Waals surface area contributed by atoms with Gasteiger partial charge < -0.3 is 9.84 Å². The monoisotopic (exact) mass is 354 g/mol. The predicted molar refractivity (Wildman–Crippen MR) is 100 cm³/mol. The van der Waals surface area contributed by atoms with E-state index in [1.165, 1.54) is 37.7 Å². The van der Waals surface area contributed by atoms with Gasteiger partial charge in [0, 0.05) is 17.1 Å². The zero-order chi connectivity index (χ0) is 18.1. The molecule has 0 aromatic rings. The summed E-state index contributed by atoms with van der Waals surface area (Å²) in [7, 11) is 0. The molecule has 3 fully saturated rings. The quantitative estimate of drug-likeness (QED) is 0.713. The SMILES string of the molecule is C[C@]12CC[C@@H]3[C@@H](CC[C@H]4C[C@@H](O)CC[C@@]43C)C1=CC=C2C1=CC(=O)OC1. The Morgan fingerprint density at radius 3 is 2.73 bits per heavy atom. The first-order valence-corrected chi connectivity index (χ1v) is 10.4. The molecule has 1 heterocycles. The van der Waals surface area contributed by atoms with Crippen molar-refractivity contribution in [1.82, 2.24) is 0 Å². The molecular weight excluding hydrogens is 324 g/mol. The van der Waals surface area contributed by atoms with E-state index in [1.54, 1.807) is 11.6 Å². The molecule has 0 unspecified atom stereocenters. The van der Waals surface area contributed by atoms with Crippen LogP contribution in [-0.2, 0) is 9.53 Å². The first-order chi connectivity index (χ1) is 12.4. The van der Waals surface area contributed by atoms with Crippen molar-refractivity contribution in [3.05, 3.63) is 34.9 Å². The van der Waals surface area contributed by atoms with E-state index < -0.39 is 0 Å². The van der Waals surface area contributed by atoms with Crippen molar-refractivity contribution in [3.8, 4) is 0 Å². The van der Waals surface area contributed by atoms with Crippen LogP contribution in [0.2, 0.25) is 0 Å². The topological polar surface area (TPSA) is 46.5 Å². The third-order valence-electron chi connectivity index (χ3n) is 8.69. The highest BCUT2D eigenvalue weighted by Gasteiger charge is 2.56. The molecule has 5 rings (SSSR count). The number of rotatable bonds is 1. The van der Waals surface area contributed by atoms with Crippen molar-refractivity contribution in [1.29, 1.82) is 0 Å². The van der Waals surface area contributed by atoms with Crippen molar-refractivity contribution in [2.45, 2.75) is 64.9 Å². The molecule has 0 saturated heterocycles. The van der Waals surface area contributed by atoms with E-state index in [0.717, 1.165) is 24.3 Å². The Morgan fingerprint density at radius 2 is 1.96 bits per heavy atom. The molecule has 0 spiro atoms. The van der Waals surface area contributed by atoms with E-state index in [1.807, 2.05) is 0 Å². The van der Waals surface area contributed by atoms with Crippen LogP contribution in [0.15, 0.2) is 34.9 Å². The molecule has 0 radical (unpaired) electrons. The van der Waals surface area contributed by atoms with Gasteiger partial charge >= 0.3 is 5.97 Å². The fraction of sp³-hybridized carbons (Fsp3) is 0.696. The highest BCUT2D eigenvalue weighted by Crippen LogP contribution is 2.65. The Hall–Kier alpha value is -1.35. The summed E-state index contributed by atoms with van der Waals surface area (Å²) in [5.41, 5.74) is 4.48. The van der Waals surface area contributed by atoms with Gasteiger partial charge in [-0.2, -0.15) is 0 Å². The van der Waals surface area contributed by atoms with Crippen LogP contribution in [0.5, 0.6) is 0 Å². The Morgan fingerprint density at radius 1 is 1.12 bits per heavy atom. The van der Waals surface area contributed by atoms with Gasteiger partial charge in [-0.15, -0.1) is 0 Å². The Kier molecular flexibility index (Phi) is 3.60. The fourth-order valence-corrected chi connectivity index (χ4v) is 7.22. The summed E-state index contributed by atoms with van der Waals surface area (Å²) in [5.74, 6) is 1.91. The molecule has 3 heteroatoms. The highest BCUT2D eigenvalue weighted by atomic mass is 16.5. The summed E-state index contributed by atoms with van der Waals surface area (Å²) in [5, 5.41) is 10.2. The van der Waals surface area contributed by atoms with Crippen molar-refractivity contribution >= 4 is 5.97 Å². The minimum absolute atomic E-state index is 0.0794. The van der Waals surface area contributed by atoms with Gasteiger partial charge in [-0.05, 0) is 73.7 Å². The third kappa shape index (κ3) is 2.19. The zero-order valence-electron chi connectivity index (χ0n) is 16.0. The van der Waals surface area contributed by atoms with Crippen molar-refractivity contribution in [2.24, 2.45) is 28.6 Å². The van der Waals surface area contributed by atoms with E-state index in [0.29, 0.717) is 23.9 Å². The average Bonchev–Trinajstić information content (AvgIpc) is 3.18. The number of aliphatic hydroxyl groups excluding tert-OH is 1. The van der Waals surface area contributed by atoms with Gasteiger partial charge in [-0.1, -0.05) is 31.6 Å². The van der Waals surface area contributed by atoms with Gasteiger partial charge in [-0.3, -0.25) is 0 Å². The lowest BCUT2D eigenvalue weighted by Gasteiger charge is -2.59. The number of aliphatic hydroxyl groups is 1. The second-order valence-electron chi connectivity index (χ2n) is 9.77. The van der Waals surface area contributed by atoms with Gasteiger partial charge in [0.15, 0.2) is 0 Å². The Labute approximate surface area is 156 Å². The van der Waals surface area contributed by atoms with Crippen LogP contribution in [0.3, 0.4) is 0 Å². The van der Waals surface area contributed by atoms with Crippen LogP contribution in [0.4, 0.5) is 0 Å². The van der Waals surface area contributed by atoms with Gasteiger partial charge in [-0.25, -0.2) is 4.79 Å². The Balaban J connectivity index is 1.44. The number of ether oxygens (including phenoxy) is 1. The number of allylic oxidation sites excluding steroid dienone is 3. The number of hydrogen-bond donors (Lipinski definition) is 1. The van der Waals surface area contributed by atoms with Crippen molar-refractivity contribution in [3.63, 3.8) is 0 Å². The zero-order valence-corrected chi connectivity index (χ0v) is 16.0. The maximum Gasteiger partial charge on any atom is 0.331 e. The molecule has 0 aromatic heterocycles. The van der Waals surface area contributed by atoms with Crippen LogP contribution in [0.1, 0.15) is 58.8 Å². The number of carbonyl (C=O) groups is 1. The lowest BCUT2D eigenvalue weighted by atomic mass is 9.46. The lowest BCUT2D eigenvalue weighted by molar-refractivity contribution is -0.134. The van der Waals surface area contributed by atoms with Crippen LogP contribution >= 0.6 is 0 Å². The summed E-state index contributed by atoms with van der Waals surface area (Å²) in [6.07, 6.45) is 14.4. The van der Waals surface area contributed by atoms with Crippen molar-refractivity contribution < 1.29 is 14.6 Å². The number of carbonyl (C=O) groups excluding carboxylic acids is 1. The lowest BCUT2D eigenvalue weighted by Crippen LogP contribution is -2.51. The summed E-state index contributed by atoms with van der Waals surface area (Å²) < 4.78 is 5.19. The molecule has 0 amide bonds. The molecule has 6 atom stereocenters. The third-order valence-corrected chi connectivity index (χ3v) is 8.69. The second-order valence-corrected chi connectivity index (χ2v) is 9.77. The first kappa shape index (κ1) is 16.8. The predicted octanol–water partition coefficient (Wildman–Crippen LogP) is 4.33. The summed E-state index contributed by atoms with van der Waals surface area (Å²) >= 11 is 0. The minimum atomic E-state index is -0.194. The van der Waals surface area contributed by atoms with E-state index in [4.69, 9.17) is 4.74 Å². The highest BCUT2D eigenvalue weighted by molar-refractivity contribution is 5.87. The molecule has 3 saturated carbocycles. The van der Waals surface area contributed by atoms with Crippen LogP contribution < -0.4 is 0 Å². The second kappa shape index (κ2) is 5.58. The molecule has 5 aliphatic rings. The summed E-state index contributed by atoms with van der Waals surface area (Å²) in [6.45, 7) is 5.34. The molecule has 4 aliphatic carbocycles. The Bertz CT molecular complexity index is 745. The fourth-order valence-electron chi connectivity index (χ4n) is 7.22. The van der Waals surface area contributed by atoms with Crippen LogP contribution in [-0.4, -0.2) is 23.8 Å².